The van der Waals surface area contributed by atoms with Crippen LogP contribution in [0.2, 0.25) is 0 Å². The molecule has 1 atom stereocenters. The van der Waals surface area contributed by atoms with Gasteiger partial charge in [-0.1, -0.05) is 12.1 Å². The maximum Gasteiger partial charge on any atom is 0.225 e. The molecule has 1 aliphatic rings. The summed E-state index contributed by atoms with van der Waals surface area (Å²) in [7, 11) is 0. The Morgan fingerprint density at radius 1 is 1.20 bits per heavy atom. The van der Waals surface area contributed by atoms with E-state index in [0.29, 0.717) is 30.0 Å². The Bertz CT molecular complexity index is 1560. The van der Waals surface area contributed by atoms with Crippen LogP contribution in [0.1, 0.15) is 17.5 Å². The van der Waals surface area contributed by atoms with Crippen molar-refractivity contribution in [2.45, 2.75) is 19.9 Å². The molecule has 1 fully saturated rings. The summed E-state index contributed by atoms with van der Waals surface area (Å²) in [4.78, 5) is 23.8. The predicted octanol–water partition coefficient (Wildman–Crippen LogP) is 4.62. The largest absolute Gasteiger partial charge is 0.355 e. The predicted molar refractivity (Wildman–Crippen MR) is 135 cm³/mol. The van der Waals surface area contributed by atoms with Gasteiger partial charge in [0.2, 0.25) is 5.91 Å². The molecule has 3 aromatic heterocycles. The van der Waals surface area contributed by atoms with Gasteiger partial charge >= 0.3 is 0 Å². The number of rotatable bonds is 5. The van der Waals surface area contributed by atoms with Gasteiger partial charge in [-0.05, 0) is 65.6 Å². The molecular formula is C26H23FN6OS. The van der Waals surface area contributed by atoms with Crippen LogP contribution in [0.4, 0.5) is 10.2 Å². The van der Waals surface area contributed by atoms with Gasteiger partial charge in [-0.2, -0.15) is 0 Å². The van der Waals surface area contributed by atoms with Crippen LogP contribution >= 0.6 is 11.3 Å². The number of benzene rings is 2. The number of nitrogens with one attached hydrogen (secondary N) is 1. The first kappa shape index (κ1) is 21.7. The van der Waals surface area contributed by atoms with E-state index in [1.165, 1.54) is 22.5 Å². The van der Waals surface area contributed by atoms with Crippen LogP contribution in [-0.4, -0.2) is 38.7 Å². The molecule has 1 N–H and O–H groups in total. The summed E-state index contributed by atoms with van der Waals surface area (Å²) in [6, 6.07) is 13.4. The molecule has 1 amide bonds. The van der Waals surface area contributed by atoms with Gasteiger partial charge in [0.25, 0.3) is 0 Å². The van der Waals surface area contributed by atoms with Crippen LogP contribution in [0, 0.1) is 18.7 Å². The van der Waals surface area contributed by atoms with Gasteiger partial charge in [-0.25, -0.2) is 19.0 Å². The second kappa shape index (κ2) is 8.74. The fourth-order valence-electron chi connectivity index (χ4n) is 4.56. The molecule has 4 heterocycles. The molecule has 6 rings (SSSR count). The molecule has 2 aromatic carbocycles. The molecule has 5 aromatic rings. The number of carbonyl (C=O) groups excluding carboxylic acids is 1. The molecule has 1 unspecified atom stereocenters. The Morgan fingerprint density at radius 3 is 3.00 bits per heavy atom. The van der Waals surface area contributed by atoms with Crippen molar-refractivity contribution in [1.82, 2.24) is 25.1 Å². The van der Waals surface area contributed by atoms with Crippen LogP contribution in [0.15, 0.2) is 60.4 Å². The van der Waals surface area contributed by atoms with Gasteiger partial charge in [-0.15, -0.1) is 16.4 Å². The molecule has 0 radical (unpaired) electrons. The van der Waals surface area contributed by atoms with Crippen molar-refractivity contribution in [3.8, 4) is 5.69 Å². The monoisotopic (exact) mass is 486 g/mol. The van der Waals surface area contributed by atoms with Gasteiger partial charge in [0.1, 0.15) is 18.0 Å². The fourth-order valence-corrected chi connectivity index (χ4v) is 5.33. The van der Waals surface area contributed by atoms with Crippen molar-refractivity contribution in [2.75, 3.05) is 18.0 Å². The highest BCUT2D eigenvalue weighted by Gasteiger charge is 2.30. The summed E-state index contributed by atoms with van der Waals surface area (Å²) in [6.07, 6.45) is 4.06. The summed E-state index contributed by atoms with van der Waals surface area (Å²) in [6.45, 7) is 3.53. The molecule has 0 aliphatic carbocycles. The number of carbonyl (C=O) groups is 1. The Hall–Kier alpha value is -3.85. The summed E-state index contributed by atoms with van der Waals surface area (Å²) in [5.41, 5.74) is 2.83. The number of amides is 1. The summed E-state index contributed by atoms with van der Waals surface area (Å²) in [5.74, 6) is 0.393. The highest BCUT2D eigenvalue weighted by Crippen LogP contribution is 2.29. The summed E-state index contributed by atoms with van der Waals surface area (Å²) >= 11 is 1.72. The Balaban J connectivity index is 1.17. The number of halogens is 1. The number of hydrogen-bond donors (Lipinski definition) is 1. The minimum atomic E-state index is -0.281. The molecule has 35 heavy (non-hydrogen) atoms. The Morgan fingerprint density at radius 2 is 2.11 bits per heavy atom. The molecular weight excluding hydrogens is 463 g/mol. The molecule has 1 aliphatic heterocycles. The fraction of sp³-hybridized carbons (Fsp3) is 0.231. The molecule has 9 heteroatoms. The molecule has 0 spiro atoms. The zero-order valence-corrected chi connectivity index (χ0v) is 19.9. The minimum Gasteiger partial charge on any atom is -0.355 e. The lowest BCUT2D eigenvalue weighted by Crippen LogP contribution is -2.32. The van der Waals surface area contributed by atoms with Crippen LogP contribution in [-0.2, 0) is 11.3 Å². The first-order valence-electron chi connectivity index (χ1n) is 11.5. The van der Waals surface area contributed by atoms with Crippen molar-refractivity contribution in [3.05, 3.63) is 77.3 Å². The van der Waals surface area contributed by atoms with Gasteiger partial charge in [0, 0.05) is 30.5 Å². The van der Waals surface area contributed by atoms with Crippen molar-refractivity contribution in [1.29, 1.82) is 0 Å². The van der Waals surface area contributed by atoms with Gasteiger partial charge < -0.3 is 10.2 Å². The maximum atomic E-state index is 14.1. The molecule has 1 saturated heterocycles. The number of fused-ring (bicyclic) bond motifs is 2. The van der Waals surface area contributed by atoms with E-state index in [2.05, 4.69) is 54.9 Å². The van der Waals surface area contributed by atoms with Crippen LogP contribution < -0.4 is 10.2 Å². The normalized spacial score (nSPS) is 15.8. The van der Waals surface area contributed by atoms with E-state index in [1.807, 2.05) is 12.3 Å². The molecule has 176 valence electrons. The lowest BCUT2D eigenvalue weighted by molar-refractivity contribution is -0.124. The summed E-state index contributed by atoms with van der Waals surface area (Å²) in [5, 5.41) is 11.7. The van der Waals surface area contributed by atoms with E-state index in [0.717, 1.165) is 29.7 Å². The second-order valence-electron chi connectivity index (χ2n) is 8.88. The molecule has 7 nitrogen and oxygen atoms in total. The number of hydrogen-bond acceptors (Lipinski definition) is 6. The quantitative estimate of drug-likeness (QED) is 0.392. The third kappa shape index (κ3) is 4.12. The zero-order valence-electron chi connectivity index (χ0n) is 19.1. The number of aromatic nitrogens is 4. The zero-order chi connectivity index (χ0) is 23.9. The van der Waals surface area contributed by atoms with Gasteiger partial charge in [0.15, 0.2) is 5.65 Å². The van der Waals surface area contributed by atoms with Crippen LogP contribution in [0.3, 0.4) is 0 Å². The standard InChI is InChI=1S/C26H23FN6OS/c1-16-2-4-20(11-22(16)27)33-14-21-24(31-33)29-15-30-25(21)32-8-6-19(13-32)26(34)28-12-17-3-5-23-18(10-17)7-9-35-23/h2-5,7,9-11,14-15,19H,6,8,12-13H2,1H3,(H,28,34). The number of thiophene rings is 1. The minimum absolute atomic E-state index is 0.0500. The van der Waals surface area contributed by atoms with E-state index >= 15 is 0 Å². The van der Waals surface area contributed by atoms with Crippen molar-refractivity contribution in [3.63, 3.8) is 0 Å². The number of nitrogens with zero attached hydrogens (tertiary/aromatic N) is 5. The maximum absolute atomic E-state index is 14.1. The van der Waals surface area contributed by atoms with E-state index in [4.69, 9.17) is 0 Å². The number of aryl methyl sites for hydroxylation is 1. The average Bonchev–Trinajstić information content (AvgIpc) is 3.62. The topological polar surface area (TPSA) is 75.9 Å². The van der Waals surface area contributed by atoms with E-state index in [9.17, 15) is 9.18 Å². The second-order valence-corrected chi connectivity index (χ2v) is 9.83. The average molecular weight is 487 g/mol. The van der Waals surface area contributed by atoms with Crippen molar-refractivity contribution >= 4 is 44.2 Å². The van der Waals surface area contributed by atoms with Crippen molar-refractivity contribution in [2.24, 2.45) is 5.92 Å². The Kier molecular flexibility index (Phi) is 5.41. The lowest BCUT2D eigenvalue weighted by atomic mass is 10.1. The van der Waals surface area contributed by atoms with Crippen LogP contribution in [0.25, 0.3) is 26.8 Å². The van der Waals surface area contributed by atoms with Gasteiger partial charge in [-0.3, -0.25) is 4.79 Å². The van der Waals surface area contributed by atoms with E-state index in [-0.39, 0.29) is 17.6 Å². The first-order chi connectivity index (χ1) is 17.0. The first-order valence-corrected chi connectivity index (χ1v) is 12.4. The van der Waals surface area contributed by atoms with E-state index in [1.54, 1.807) is 29.0 Å². The third-order valence-corrected chi connectivity index (χ3v) is 7.46. The van der Waals surface area contributed by atoms with Crippen LogP contribution in [0.5, 0.6) is 0 Å². The third-order valence-electron chi connectivity index (χ3n) is 6.56. The van der Waals surface area contributed by atoms with Crippen molar-refractivity contribution < 1.29 is 9.18 Å². The van der Waals surface area contributed by atoms with Gasteiger partial charge in [0.05, 0.1) is 17.0 Å². The smallest absolute Gasteiger partial charge is 0.225 e. The highest BCUT2D eigenvalue weighted by molar-refractivity contribution is 7.17. The number of anilines is 1. The molecule has 0 saturated carbocycles. The van der Waals surface area contributed by atoms with E-state index < -0.39 is 0 Å². The lowest BCUT2D eigenvalue weighted by Gasteiger charge is -2.17. The Labute approximate surface area is 205 Å². The highest BCUT2D eigenvalue weighted by atomic mass is 32.1. The molecule has 0 bridgehead atoms. The summed E-state index contributed by atoms with van der Waals surface area (Å²) < 4.78 is 16.9. The SMILES string of the molecule is Cc1ccc(-n2cc3c(N4CCC(C(=O)NCc5ccc6sccc6c5)C4)ncnc3n2)cc1F.